The molecule has 2 unspecified atom stereocenters. The molecule has 4 rings (SSSR count). The van der Waals surface area contributed by atoms with Crippen molar-refractivity contribution in [3.05, 3.63) is 59.7 Å². The van der Waals surface area contributed by atoms with Gasteiger partial charge in [0.15, 0.2) is 0 Å². The minimum atomic E-state index is -1.50. The maximum absolute atomic E-state index is 7.05. The average Bonchev–Trinajstić information content (AvgIpc) is 0.802. The van der Waals surface area contributed by atoms with Crippen molar-refractivity contribution in [3.8, 4) is 11.5 Å². The number of hydrogen-bond acceptors (Lipinski definition) is 6. The maximum Gasteiger partial charge on any atom is 0.397 e. The van der Waals surface area contributed by atoms with Crippen molar-refractivity contribution >= 4 is 17.2 Å². The van der Waals surface area contributed by atoms with Gasteiger partial charge in [0, 0.05) is 0 Å². The molecule has 2 aromatic carbocycles. The molecule has 2 atom stereocenters. The van der Waals surface area contributed by atoms with Crippen LogP contribution in [0.2, 0.25) is 0 Å². The average molecular weight is 1530 g/mol. The molecule has 2 aromatic rings. The van der Waals surface area contributed by atoms with Crippen molar-refractivity contribution in [1.82, 2.24) is 0 Å². The molecule has 2 fully saturated rings. The van der Waals surface area contributed by atoms with Gasteiger partial charge in [-0.1, -0.05) is 463 Å². The predicted molar refractivity (Wildman–Crippen MR) is 473 cm³/mol. The summed E-state index contributed by atoms with van der Waals surface area (Å²) in [5.74, 6) is 3.32. The van der Waals surface area contributed by atoms with E-state index in [1.165, 1.54) is 435 Å². The van der Waals surface area contributed by atoms with Crippen LogP contribution >= 0.6 is 17.2 Å². The summed E-state index contributed by atoms with van der Waals surface area (Å²) in [6, 6.07) is 17.7. The first kappa shape index (κ1) is 98.1. The first-order valence-corrected chi connectivity index (χ1v) is 50.8. The minimum absolute atomic E-state index is 0.174. The smallest absolute Gasteiger partial charge is 0.397 e. The number of para-hydroxylation sites is 2. The van der Waals surface area contributed by atoms with E-state index in [-0.39, 0.29) is 17.6 Å². The van der Waals surface area contributed by atoms with Crippen LogP contribution in [-0.2, 0) is 30.9 Å². The van der Waals surface area contributed by atoms with Crippen LogP contribution in [0.15, 0.2) is 48.5 Å². The molecule has 6 nitrogen and oxygen atoms in total. The zero-order valence-corrected chi connectivity index (χ0v) is 74.3. The van der Waals surface area contributed by atoms with Gasteiger partial charge >= 0.3 is 17.2 Å². The first-order valence-electron chi connectivity index (χ1n) is 48.6. The lowest BCUT2D eigenvalue weighted by atomic mass is 9.60. The molecule has 0 N–H and O–H groups in total. The highest BCUT2D eigenvalue weighted by atomic mass is 31.2. The summed E-state index contributed by atoms with van der Waals surface area (Å²) in [5, 5.41) is 0. The highest BCUT2D eigenvalue weighted by Crippen LogP contribution is 2.53. The zero-order valence-electron chi connectivity index (χ0n) is 72.5. The second-order valence-corrected chi connectivity index (χ2v) is 37.4. The van der Waals surface area contributed by atoms with E-state index in [9.17, 15) is 0 Å². The number of unbranched alkanes of at least 4 members (excludes halogenated alkanes) is 60. The molecule has 2 saturated carbocycles. The van der Waals surface area contributed by atoms with Gasteiger partial charge in [-0.3, -0.25) is 9.05 Å². The third-order valence-corrected chi connectivity index (χ3v) is 27.6. The molecule has 0 spiro atoms. The van der Waals surface area contributed by atoms with E-state index in [4.69, 9.17) is 27.1 Å². The van der Waals surface area contributed by atoms with Crippen LogP contribution in [0.3, 0.4) is 0 Å². The molecular weight excluding hydrogens is 1350 g/mol. The van der Waals surface area contributed by atoms with E-state index >= 15 is 0 Å². The molecule has 8 heteroatoms. The molecule has 624 valence electrons. The summed E-state index contributed by atoms with van der Waals surface area (Å²) in [4.78, 5) is 0. The summed E-state index contributed by atoms with van der Waals surface area (Å²) in [5.41, 5.74) is 2.88. The van der Waals surface area contributed by atoms with Crippen molar-refractivity contribution in [2.45, 2.75) is 529 Å². The standard InChI is InChI=1S/C99H182O6P2/c1-7-11-15-19-23-27-31-35-39-43-47-51-55-59-63-67-75-91-77-69-71-79-97(91)104-106(100-89-73-65-61-57-53-49-45-41-37-33-29-25-21-17-13-9-3)102-95-85-81-93(82-86-95)99(5,6)94-83-87-96(88-84-94)103-107(101-90-74-66-62-58-54-50-46-42-38-34-30-26-22-18-14-10-4)105-98-80-72-70-78-92(98)76-68-64-60-56-52-48-44-40-36-32-28-24-20-16-12-8-2/h69-72,77-80,93-96H,7-68,73-76,81-90H2,1-6H3. The minimum Gasteiger partial charge on any atom is -0.426 e. The second kappa shape index (κ2) is 72.4. The van der Waals surface area contributed by atoms with E-state index in [0.29, 0.717) is 25.0 Å². The van der Waals surface area contributed by atoms with E-state index in [2.05, 4.69) is 90.1 Å². The number of aryl methyl sites for hydroxylation is 2. The zero-order chi connectivity index (χ0) is 75.9. The molecule has 0 amide bonds. The Labute approximate surface area is 670 Å². The fraction of sp³-hybridized carbons (Fsp3) is 0.879. The third kappa shape index (κ3) is 54.3. The second-order valence-electron chi connectivity index (χ2n) is 35.2. The Kier molecular flexibility index (Phi) is 66.4. The largest absolute Gasteiger partial charge is 0.426 e. The topological polar surface area (TPSA) is 55.4 Å². The van der Waals surface area contributed by atoms with Crippen molar-refractivity contribution in [2.75, 3.05) is 13.2 Å². The summed E-state index contributed by atoms with van der Waals surface area (Å²) >= 11 is 0. The van der Waals surface area contributed by atoms with Gasteiger partial charge in [0.2, 0.25) is 0 Å². The van der Waals surface area contributed by atoms with Crippen molar-refractivity contribution in [2.24, 2.45) is 17.3 Å². The molecule has 107 heavy (non-hydrogen) atoms. The number of rotatable bonds is 80. The Hall–Kier alpha value is -1.26. The SMILES string of the molecule is CCCCCCCCCCCCCCCCCCOP(Oc1ccccc1CCCCCCCCCCCCCCCCCC)OC1CCC(C(C)(C)C2CCC(OP(OCCCCCCCCCCCCCCCCCC)Oc3ccccc3CCCCCCCCCCCCCCCCCC)CC2)CC1. The van der Waals surface area contributed by atoms with E-state index in [0.717, 1.165) is 62.9 Å². The van der Waals surface area contributed by atoms with Crippen LogP contribution in [0.1, 0.15) is 515 Å². The van der Waals surface area contributed by atoms with Crippen molar-refractivity contribution in [3.63, 3.8) is 0 Å². The van der Waals surface area contributed by atoms with Gasteiger partial charge in [-0.05, 0) is 130 Å². The maximum atomic E-state index is 7.05. The summed E-state index contributed by atoms with van der Waals surface area (Å²) < 4.78 is 41.5. The van der Waals surface area contributed by atoms with Gasteiger partial charge in [-0.2, -0.15) is 0 Å². The fourth-order valence-electron chi connectivity index (χ4n) is 17.6. The third-order valence-electron chi connectivity index (χ3n) is 25.2. The normalized spacial score (nSPS) is 17.0. The summed E-state index contributed by atoms with van der Waals surface area (Å²) in [6.45, 7) is 15.9. The summed E-state index contributed by atoms with van der Waals surface area (Å²) in [7, 11) is -3.00. The van der Waals surface area contributed by atoms with E-state index in [1.807, 2.05) is 0 Å². The molecule has 0 bridgehead atoms. The van der Waals surface area contributed by atoms with Gasteiger partial charge in [-0.25, -0.2) is 0 Å². The van der Waals surface area contributed by atoms with Crippen LogP contribution in [-0.4, -0.2) is 25.4 Å². The Bertz CT molecular complexity index is 2010. The van der Waals surface area contributed by atoms with Crippen LogP contribution in [0.25, 0.3) is 0 Å². The van der Waals surface area contributed by atoms with Gasteiger partial charge in [0.25, 0.3) is 0 Å². The molecule has 0 saturated heterocycles. The fourth-order valence-corrected chi connectivity index (χ4v) is 20.1. The van der Waals surface area contributed by atoms with Crippen LogP contribution in [0, 0.1) is 17.3 Å². The van der Waals surface area contributed by atoms with Gasteiger partial charge in [0.1, 0.15) is 11.5 Å². The molecule has 2 aliphatic rings. The number of benzene rings is 2. The molecule has 0 radical (unpaired) electrons. The first-order chi connectivity index (χ1) is 52.9. The molecule has 0 aromatic heterocycles. The Morgan fingerprint density at radius 3 is 0.673 bits per heavy atom. The number of hydrogen-bond donors (Lipinski definition) is 0. The van der Waals surface area contributed by atoms with Crippen LogP contribution in [0.5, 0.6) is 11.5 Å². The summed E-state index contributed by atoms with van der Waals surface area (Å²) in [6.07, 6.45) is 100. The van der Waals surface area contributed by atoms with Gasteiger partial charge in [0.05, 0.1) is 25.4 Å². The highest BCUT2D eigenvalue weighted by molar-refractivity contribution is 7.42. The highest BCUT2D eigenvalue weighted by Gasteiger charge is 2.42. The van der Waals surface area contributed by atoms with E-state index < -0.39 is 17.2 Å². The van der Waals surface area contributed by atoms with Gasteiger partial charge < -0.3 is 18.1 Å². The monoisotopic (exact) mass is 1530 g/mol. The quantitative estimate of drug-likeness (QED) is 0.0486. The molecule has 0 heterocycles. The molecule has 2 aliphatic carbocycles. The Morgan fingerprint density at radius 2 is 0.449 bits per heavy atom. The predicted octanol–water partition coefficient (Wildman–Crippen LogP) is 35.9. The van der Waals surface area contributed by atoms with Crippen LogP contribution < -0.4 is 9.05 Å². The lowest BCUT2D eigenvalue weighted by Gasteiger charge is -2.46. The van der Waals surface area contributed by atoms with Crippen molar-refractivity contribution in [1.29, 1.82) is 0 Å². The lowest BCUT2D eigenvalue weighted by molar-refractivity contribution is 0.00598. The van der Waals surface area contributed by atoms with Crippen LogP contribution in [0.4, 0.5) is 0 Å². The Morgan fingerprint density at radius 1 is 0.252 bits per heavy atom. The Balaban J connectivity index is 1.24. The molecule has 0 aliphatic heterocycles. The molecular formula is C99H182O6P2. The van der Waals surface area contributed by atoms with Gasteiger partial charge in [-0.15, -0.1) is 0 Å². The lowest BCUT2D eigenvalue weighted by Crippen LogP contribution is -2.39. The van der Waals surface area contributed by atoms with Crippen molar-refractivity contribution < 1.29 is 27.1 Å². The van der Waals surface area contributed by atoms with E-state index in [1.54, 1.807) is 0 Å².